The molecule has 0 rings (SSSR count). The smallest absolute Gasteiger partial charge is 0.198 e. The highest BCUT2D eigenvalue weighted by molar-refractivity contribution is 5.50. The van der Waals surface area contributed by atoms with Crippen LogP contribution >= 0.6 is 0 Å². The van der Waals surface area contributed by atoms with Crippen LogP contribution in [0.15, 0.2) is 12.2 Å². The van der Waals surface area contributed by atoms with Crippen LogP contribution in [0.25, 0.3) is 0 Å². The van der Waals surface area contributed by atoms with Crippen molar-refractivity contribution in [3.8, 4) is 0 Å². The summed E-state index contributed by atoms with van der Waals surface area (Å²) < 4.78 is 0. The summed E-state index contributed by atoms with van der Waals surface area (Å²) in [5.41, 5.74) is 0. The SMILES string of the molecule is CCCCC=CCCCC[C]=O. The van der Waals surface area contributed by atoms with Gasteiger partial charge >= 0.3 is 0 Å². The fourth-order valence-electron chi connectivity index (χ4n) is 1.02. The number of carbonyl (C=O) groups excluding carboxylic acids is 1. The summed E-state index contributed by atoms with van der Waals surface area (Å²) in [4.78, 5) is 9.84. The Morgan fingerprint density at radius 2 is 1.75 bits per heavy atom. The average Bonchev–Trinajstić information content (AvgIpc) is 2.10. The molecule has 0 bridgehead atoms. The molecular formula is C11H19O. The van der Waals surface area contributed by atoms with E-state index in [1.807, 2.05) is 6.29 Å². The summed E-state index contributed by atoms with van der Waals surface area (Å²) in [6.07, 6.45) is 14.0. The van der Waals surface area contributed by atoms with Crippen molar-refractivity contribution < 1.29 is 4.79 Å². The molecule has 0 spiro atoms. The molecule has 0 saturated carbocycles. The van der Waals surface area contributed by atoms with Gasteiger partial charge in [0.1, 0.15) is 0 Å². The summed E-state index contributed by atoms with van der Waals surface area (Å²) in [5.74, 6) is 0. The van der Waals surface area contributed by atoms with Crippen LogP contribution in [0, 0.1) is 0 Å². The van der Waals surface area contributed by atoms with Crippen molar-refractivity contribution in [3.05, 3.63) is 12.2 Å². The zero-order valence-electron chi connectivity index (χ0n) is 8.01. The van der Waals surface area contributed by atoms with Gasteiger partial charge in [-0.3, -0.25) is 4.79 Å². The van der Waals surface area contributed by atoms with Gasteiger partial charge in [-0.1, -0.05) is 31.9 Å². The van der Waals surface area contributed by atoms with Gasteiger partial charge in [-0.25, -0.2) is 0 Å². The first-order valence-electron chi connectivity index (χ1n) is 4.91. The summed E-state index contributed by atoms with van der Waals surface area (Å²) in [6.45, 7) is 2.20. The topological polar surface area (TPSA) is 17.1 Å². The molecule has 0 unspecified atom stereocenters. The Hall–Kier alpha value is -0.590. The van der Waals surface area contributed by atoms with E-state index < -0.39 is 0 Å². The zero-order chi connectivity index (χ0) is 9.07. The molecule has 0 amide bonds. The van der Waals surface area contributed by atoms with Gasteiger partial charge in [0.25, 0.3) is 0 Å². The number of unbranched alkanes of at least 4 members (excludes halogenated alkanes) is 5. The minimum atomic E-state index is 0.600. The maximum absolute atomic E-state index is 9.84. The molecule has 1 radical (unpaired) electrons. The van der Waals surface area contributed by atoms with Crippen molar-refractivity contribution >= 4 is 6.29 Å². The minimum absolute atomic E-state index is 0.600. The van der Waals surface area contributed by atoms with Gasteiger partial charge in [0, 0.05) is 6.42 Å². The number of hydrogen-bond donors (Lipinski definition) is 0. The Morgan fingerprint density at radius 3 is 2.33 bits per heavy atom. The molecule has 0 aliphatic rings. The Kier molecular flexibility index (Phi) is 9.90. The first kappa shape index (κ1) is 11.4. The van der Waals surface area contributed by atoms with Crippen LogP contribution in [0.3, 0.4) is 0 Å². The minimum Gasteiger partial charge on any atom is -0.291 e. The molecular weight excluding hydrogens is 148 g/mol. The molecule has 0 saturated heterocycles. The van der Waals surface area contributed by atoms with Gasteiger partial charge in [-0.15, -0.1) is 0 Å². The molecule has 0 aliphatic heterocycles. The van der Waals surface area contributed by atoms with Gasteiger partial charge in [-0.2, -0.15) is 0 Å². The van der Waals surface area contributed by atoms with Crippen molar-refractivity contribution in [1.82, 2.24) is 0 Å². The molecule has 69 valence electrons. The predicted molar refractivity (Wildman–Crippen MR) is 52.8 cm³/mol. The van der Waals surface area contributed by atoms with Gasteiger partial charge in [0.05, 0.1) is 0 Å². The summed E-state index contributed by atoms with van der Waals surface area (Å²) in [7, 11) is 0. The molecule has 1 heteroatoms. The lowest BCUT2D eigenvalue weighted by Gasteiger charge is -1.91. The maximum Gasteiger partial charge on any atom is 0.198 e. The van der Waals surface area contributed by atoms with Crippen LogP contribution in [0.5, 0.6) is 0 Å². The highest BCUT2D eigenvalue weighted by Gasteiger charge is 1.84. The van der Waals surface area contributed by atoms with E-state index in [0.29, 0.717) is 6.42 Å². The molecule has 1 nitrogen and oxygen atoms in total. The summed E-state index contributed by atoms with van der Waals surface area (Å²) in [5, 5.41) is 0. The Balaban J connectivity index is 2.97. The molecule has 0 fully saturated rings. The van der Waals surface area contributed by atoms with E-state index in [1.165, 1.54) is 19.3 Å². The van der Waals surface area contributed by atoms with Gasteiger partial charge in [0.15, 0.2) is 6.29 Å². The molecule has 0 atom stereocenters. The first-order valence-corrected chi connectivity index (χ1v) is 4.91. The second-order valence-electron chi connectivity index (χ2n) is 3.00. The molecule has 0 heterocycles. The predicted octanol–water partition coefficient (Wildman–Crippen LogP) is 3.40. The quantitative estimate of drug-likeness (QED) is 0.400. The van der Waals surface area contributed by atoms with E-state index in [2.05, 4.69) is 19.1 Å². The molecule has 0 N–H and O–H groups in total. The summed E-state index contributed by atoms with van der Waals surface area (Å²) >= 11 is 0. The van der Waals surface area contributed by atoms with E-state index in [0.717, 1.165) is 19.3 Å². The lowest BCUT2D eigenvalue weighted by atomic mass is 10.2. The molecule has 0 aromatic heterocycles. The zero-order valence-corrected chi connectivity index (χ0v) is 8.01. The Morgan fingerprint density at radius 1 is 1.08 bits per heavy atom. The van der Waals surface area contributed by atoms with Crippen molar-refractivity contribution in [2.45, 2.75) is 51.9 Å². The van der Waals surface area contributed by atoms with E-state index in [4.69, 9.17) is 0 Å². The first-order chi connectivity index (χ1) is 5.91. The van der Waals surface area contributed by atoms with E-state index in [9.17, 15) is 4.79 Å². The lowest BCUT2D eigenvalue weighted by molar-refractivity contribution is 0.547. The second-order valence-corrected chi connectivity index (χ2v) is 3.00. The second kappa shape index (κ2) is 10.4. The van der Waals surface area contributed by atoms with Crippen molar-refractivity contribution in [1.29, 1.82) is 0 Å². The lowest BCUT2D eigenvalue weighted by Crippen LogP contribution is -1.76. The molecule has 0 aromatic carbocycles. The third-order valence-corrected chi connectivity index (χ3v) is 1.79. The van der Waals surface area contributed by atoms with Crippen LogP contribution < -0.4 is 0 Å². The average molecular weight is 167 g/mol. The normalized spacial score (nSPS) is 10.8. The van der Waals surface area contributed by atoms with Crippen LogP contribution in [-0.2, 0) is 4.79 Å². The van der Waals surface area contributed by atoms with E-state index >= 15 is 0 Å². The van der Waals surface area contributed by atoms with Crippen molar-refractivity contribution in [2.24, 2.45) is 0 Å². The fraction of sp³-hybridized carbons (Fsp3) is 0.727. The van der Waals surface area contributed by atoms with Crippen LogP contribution in [0.2, 0.25) is 0 Å². The number of rotatable bonds is 8. The number of allylic oxidation sites excluding steroid dienone is 2. The molecule has 0 aliphatic carbocycles. The van der Waals surface area contributed by atoms with Crippen molar-refractivity contribution in [3.63, 3.8) is 0 Å². The molecule has 0 aromatic rings. The highest BCUT2D eigenvalue weighted by Crippen LogP contribution is 2.01. The van der Waals surface area contributed by atoms with Crippen LogP contribution in [0.1, 0.15) is 51.9 Å². The van der Waals surface area contributed by atoms with Crippen LogP contribution in [-0.4, -0.2) is 6.29 Å². The third kappa shape index (κ3) is 9.41. The highest BCUT2D eigenvalue weighted by atomic mass is 16.1. The van der Waals surface area contributed by atoms with Gasteiger partial charge in [0.2, 0.25) is 0 Å². The van der Waals surface area contributed by atoms with Crippen LogP contribution in [0.4, 0.5) is 0 Å². The molecule has 12 heavy (non-hydrogen) atoms. The fourth-order valence-corrected chi connectivity index (χ4v) is 1.02. The van der Waals surface area contributed by atoms with Gasteiger partial charge < -0.3 is 0 Å². The third-order valence-electron chi connectivity index (χ3n) is 1.79. The van der Waals surface area contributed by atoms with Gasteiger partial charge in [-0.05, 0) is 25.7 Å². The Labute approximate surface area is 75.9 Å². The van der Waals surface area contributed by atoms with Crippen molar-refractivity contribution in [2.75, 3.05) is 0 Å². The van der Waals surface area contributed by atoms with E-state index in [-0.39, 0.29) is 0 Å². The number of hydrogen-bond acceptors (Lipinski definition) is 1. The summed E-state index contributed by atoms with van der Waals surface area (Å²) in [6, 6.07) is 0. The monoisotopic (exact) mass is 167 g/mol. The maximum atomic E-state index is 9.84. The largest absolute Gasteiger partial charge is 0.291 e. The Bertz CT molecular complexity index is 116. The van der Waals surface area contributed by atoms with E-state index in [1.54, 1.807) is 0 Å². The standard InChI is InChI=1S/C11H19O/c1-2-3-4-5-6-7-8-9-10-11-12/h5-6H,2-4,7-10H2,1H3.